The summed E-state index contributed by atoms with van der Waals surface area (Å²) in [5, 5.41) is 11.2. The summed E-state index contributed by atoms with van der Waals surface area (Å²) >= 11 is 7.73. The second-order valence-electron chi connectivity index (χ2n) is 5.95. The Bertz CT molecular complexity index is 743. The molecule has 3 N–H and O–H groups in total. The summed E-state index contributed by atoms with van der Waals surface area (Å²) < 4.78 is 0. The molecular formula is C18H20ClN3O2S. The number of carbonyl (C=O) groups is 2. The van der Waals surface area contributed by atoms with Gasteiger partial charge in [0.25, 0.3) is 5.91 Å². The number of amides is 2. The number of anilines is 1. The van der Waals surface area contributed by atoms with Crippen molar-refractivity contribution >= 4 is 40.4 Å². The number of nitrogens with one attached hydrogen (secondary N) is 3. The third-order valence-electron chi connectivity index (χ3n) is 4.11. The topological polar surface area (TPSA) is 70.2 Å². The highest BCUT2D eigenvalue weighted by molar-refractivity contribution is 7.09. The van der Waals surface area contributed by atoms with Crippen LogP contribution in [0.1, 0.15) is 34.5 Å². The van der Waals surface area contributed by atoms with E-state index in [-0.39, 0.29) is 17.9 Å². The molecule has 2 aromatic rings. The Morgan fingerprint density at radius 3 is 2.88 bits per heavy atom. The summed E-state index contributed by atoms with van der Waals surface area (Å²) in [7, 11) is 0. The molecule has 0 saturated carbocycles. The van der Waals surface area contributed by atoms with Gasteiger partial charge in [0, 0.05) is 10.6 Å². The Hall–Kier alpha value is -1.89. The summed E-state index contributed by atoms with van der Waals surface area (Å²) in [5.74, 6) is -0.336. The number of rotatable bonds is 5. The van der Waals surface area contributed by atoms with Gasteiger partial charge in [-0.25, -0.2) is 0 Å². The molecule has 1 aromatic heterocycles. The van der Waals surface area contributed by atoms with E-state index >= 15 is 0 Å². The minimum Gasteiger partial charge on any atom is -0.347 e. The first kappa shape index (κ1) is 17.9. The van der Waals surface area contributed by atoms with Crippen molar-refractivity contribution in [3.05, 3.63) is 51.2 Å². The fraction of sp³-hybridized carbons (Fsp3) is 0.333. The van der Waals surface area contributed by atoms with Crippen LogP contribution < -0.4 is 16.0 Å². The van der Waals surface area contributed by atoms with Gasteiger partial charge in [0.05, 0.1) is 23.2 Å². The average Bonchev–Trinajstić information content (AvgIpc) is 3.15. The second kappa shape index (κ2) is 8.47. The van der Waals surface area contributed by atoms with E-state index in [1.807, 2.05) is 17.5 Å². The Balaban J connectivity index is 1.64. The van der Waals surface area contributed by atoms with Crippen molar-refractivity contribution < 1.29 is 9.59 Å². The Labute approximate surface area is 155 Å². The minimum atomic E-state index is -0.259. The Morgan fingerprint density at radius 1 is 1.28 bits per heavy atom. The first-order valence-corrected chi connectivity index (χ1v) is 9.53. The summed E-state index contributed by atoms with van der Waals surface area (Å²) in [6.07, 6.45) is 2.97. The standard InChI is InChI=1S/C18H20ClN3O2S/c19-15-7-6-12(22-18(24)16-5-1-2-8-20-16)10-14(15)17(23)21-11-13-4-3-9-25-13/h3-4,6-7,9-10,16,20H,1-2,5,8,11H2,(H,21,23)(H,22,24). The van der Waals surface area contributed by atoms with E-state index < -0.39 is 0 Å². The molecule has 3 rings (SSSR count). The molecular weight excluding hydrogens is 358 g/mol. The molecule has 0 aliphatic carbocycles. The third kappa shape index (κ3) is 4.81. The van der Waals surface area contributed by atoms with Crippen LogP contribution >= 0.6 is 22.9 Å². The van der Waals surface area contributed by atoms with Crippen molar-refractivity contribution in [2.45, 2.75) is 31.8 Å². The first-order valence-electron chi connectivity index (χ1n) is 8.28. The van der Waals surface area contributed by atoms with Crippen molar-refractivity contribution in [3.63, 3.8) is 0 Å². The molecule has 0 radical (unpaired) electrons. The minimum absolute atomic E-state index is 0.0769. The van der Waals surface area contributed by atoms with E-state index in [9.17, 15) is 9.59 Å². The zero-order chi connectivity index (χ0) is 17.6. The summed E-state index contributed by atoms with van der Waals surface area (Å²) in [5.41, 5.74) is 0.927. The number of thiophene rings is 1. The molecule has 25 heavy (non-hydrogen) atoms. The number of carbonyl (C=O) groups excluding carboxylic acids is 2. The fourth-order valence-corrected chi connectivity index (χ4v) is 3.61. The van der Waals surface area contributed by atoms with Gasteiger partial charge in [0.1, 0.15) is 0 Å². The normalized spacial score (nSPS) is 17.1. The van der Waals surface area contributed by atoms with Crippen LogP contribution in [0.5, 0.6) is 0 Å². The fourth-order valence-electron chi connectivity index (χ4n) is 2.76. The van der Waals surface area contributed by atoms with Gasteiger partial charge < -0.3 is 16.0 Å². The van der Waals surface area contributed by atoms with E-state index in [0.29, 0.717) is 22.8 Å². The number of halogens is 1. The molecule has 1 aliphatic rings. The van der Waals surface area contributed by atoms with Crippen LogP contribution in [-0.4, -0.2) is 24.4 Å². The molecule has 2 amide bonds. The molecule has 5 nitrogen and oxygen atoms in total. The van der Waals surface area contributed by atoms with E-state index in [1.54, 1.807) is 29.5 Å². The third-order valence-corrected chi connectivity index (χ3v) is 5.31. The van der Waals surface area contributed by atoms with Crippen molar-refractivity contribution in [2.24, 2.45) is 0 Å². The molecule has 7 heteroatoms. The van der Waals surface area contributed by atoms with Crippen LogP contribution in [0, 0.1) is 0 Å². The lowest BCUT2D eigenvalue weighted by molar-refractivity contribution is -0.118. The summed E-state index contributed by atoms with van der Waals surface area (Å²) in [4.78, 5) is 25.8. The van der Waals surface area contributed by atoms with Gasteiger partial charge in [-0.05, 0) is 49.0 Å². The number of hydrogen-bond donors (Lipinski definition) is 3. The Morgan fingerprint density at radius 2 is 2.16 bits per heavy atom. The maximum absolute atomic E-state index is 12.4. The number of benzene rings is 1. The quantitative estimate of drug-likeness (QED) is 0.747. The van der Waals surface area contributed by atoms with Gasteiger partial charge in [-0.2, -0.15) is 0 Å². The zero-order valence-corrected chi connectivity index (χ0v) is 15.3. The molecule has 0 bridgehead atoms. The van der Waals surface area contributed by atoms with Gasteiger partial charge in [-0.1, -0.05) is 24.1 Å². The van der Waals surface area contributed by atoms with Gasteiger partial charge in [-0.3, -0.25) is 9.59 Å². The van der Waals surface area contributed by atoms with E-state index in [2.05, 4.69) is 16.0 Å². The lowest BCUT2D eigenvalue weighted by Crippen LogP contribution is -2.43. The highest BCUT2D eigenvalue weighted by atomic mass is 35.5. The van der Waals surface area contributed by atoms with Crippen LogP contribution in [0.2, 0.25) is 5.02 Å². The van der Waals surface area contributed by atoms with Crippen LogP contribution in [0.4, 0.5) is 5.69 Å². The van der Waals surface area contributed by atoms with E-state index in [0.717, 1.165) is 30.7 Å². The van der Waals surface area contributed by atoms with Gasteiger partial charge in [0.15, 0.2) is 0 Å². The van der Waals surface area contributed by atoms with Crippen LogP contribution in [0.15, 0.2) is 35.7 Å². The SMILES string of the molecule is O=C(NCc1cccs1)c1cc(NC(=O)C2CCCCN2)ccc1Cl. The van der Waals surface area contributed by atoms with Crippen molar-refractivity contribution in [1.29, 1.82) is 0 Å². The predicted molar refractivity (Wildman–Crippen MR) is 101 cm³/mol. The van der Waals surface area contributed by atoms with Crippen LogP contribution in [0.3, 0.4) is 0 Å². The lowest BCUT2D eigenvalue weighted by atomic mass is 10.0. The number of hydrogen-bond acceptors (Lipinski definition) is 4. The second-order valence-corrected chi connectivity index (χ2v) is 7.39. The summed E-state index contributed by atoms with van der Waals surface area (Å²) in [6.45, 7) is 1.31. The molecule has 2 heterocycles. The summed E-state index contributed by atoms with van der Waals surface area (Å²) in [6, 6.07) is 8.67. The molecule has 132 valence electrons. The number of piperidine rings is 1. The van der Waals surface area contributed by atoms with Crippen molar-refractivity contribution in [2.75, 3.05) is 11.9 Å². The highest BCUT2D eigenvalue weighted by Crippen LogP contribution is 2.21. The molecule has 1 aromatic carbocycles. The molecule has 1 aliphatic heterocycles. The molecule has 1 saturated heterocycles. The van der Waals surface area contributed by atoms with Crippen molar-refractivity contribution in [1.82, 2.24) is 10.6 Å². The first-order chi connectivity index (χ1) is 12.1. The highest BCUT2D eigenvalue weighted by Gasteiger charge is 2.21. The zero-order valence-electron chi connectivity index (χ0n) is 13.7. The maximum atomic E-state index is 12.4. The predicted octanol–water partition coefficient (Wildman–Crippen LogP) is 3.41. The maximum Gasteiger partial charge on any atom is 0.253 e. The van der Waals surface area contributed by atoms with E-state index in [1.165, 1.54) is 0 Å². The smallest absolute Gasteiger partial charge is 0.253 e. The lowest BCUT2D eigenvalue weighted by Gasteiger charge is -2.22. The molecule has 1 fully saturated rings. The Kier molecular flexibility index (Phi) is 6.07. The van der Waals surface area contributed by atoms with Crippen molar-refractivity contribution in [3.8, 4) is 0 Å². The van der Waals surface area contributed by atoms with Gasteiger partial charge in [0.2, 0.25) is 5.91 Å². The molecule has 1 atom stereocenters. The molecule has 1 unspecified atom stereocenters. The largest absolute Gasteiger partial charge is 0.347 e. The average molecular weight is 378 g/mol. The van der Waals surface area contributed by atoms with Crippen LogP contribution in [-0.2, 0) is 11.3 Å². The van der Waals surface area contributed by atoms with Gasteiger partial charge >= 0.3 is 0 Å². The monoisotopic (exact) mass is 377 g/mol. The van der Waals surface area contributed by atoms with E-state index in [4.69, 9.17) is 11.6 Å². The van der Waals surface area contributed by atoms with Gasteiger partial charge in [-0.15, -0.1) is 11.3 Å². The molecule has 0 spiro atoms. The van der Waals surface area contributed by atoms with Crippen LogP contribution in [0.25, 0.3) is 0 Å².